The summed E-state index contributed by atoms with van der Waals surface area (Å²) in [6.45, 7) is 0. The maximum atomic E-state index is 10.6. The van der Waals surface area contributed by atoms with Crippen LogP contribution in [0.15, 0.2) is 24.3 Å². The molecule has 0 radical (unpaired) electrons. The zero-order valence-corrected chi connectivity index (χ0v) is 11.9. The van der Waals surface area contributed by atoms with Crippen molar-refractivity contribution in [3.05, 3.63) is 35.4 Å². The molecule has 0 heterocycles. The zero-order chi connectivity index (χ0) is 14.8. The third kappa shape index (κ3) is 5.16. The van der Waals surface area contributed by atoms with Crippen LogP contribution in [0.2, 0.25) is 0 Å². The van der Waals surface area contributed by atoms with Gasteiger partial charge in [-0.2, -0.15) is 0 Å². The molecule has 1 aromatic rings. The lowest BCUT2D eigenvalue weighted by atomic mass is 9.88. The number of hydrogen-bond donors (Lipinski definition) is 2. The largest absolute Gasteiger partial charge is 0.400 e. The predicted molar refractivity (Wildman–Crippen MR) is 79.5 cm³/mol. The molecule has 108 valence electrons. The van der Waals surface area contributed by atoms with Gasteiger partial charge in [-0.1, -0.05) is 36.6 Å². The number of carbonyl (C=O) groups excluding carboxylic acids is 1. The van der Waals surface area contributed by atoms with Gasteiger partial charge in [-0.05, 0) is 24.8 Å². The summed E-state index contributed by atoms with van der Waals surface area (Å²) in [5, 5.41) is 17.5. The first kappa shape index (κ1) is 16.4. The van der Waals surface area contributed by atoms with E-state index in [4.69, 9.17) is 5.11 Å². The van der Waals surface area contributed by atoms with Crippen LogP contribution in [0.3, 0.4) is 0 Å². The molecule has 20 heavy (non-hydrogen) atoms. The SMILES string of the molecule is CO.O=Cc1ccc(CC2(O)C#CCCCCC2)cc1. The van der Waals surface area contributed by atoms with Crippen LogP contribution >= 0.6 is 0 Å². The Kier molecular flexibility index (Phi) is 7.00. The average Bonchev–Trinajstić information content (AvgIpc) is 2.47. The van der Waals surface area contributed by atoms with Gasteiger partial charge in [0.15, 0.2) is 0 Å². The number of aldehydes is 1. The quantitative estimate of drug-likeness (QED) is 0.657. The van der Waals surface area contributed by atoms with Crippen LogP contribution in [0, 0.1) is 11.8 Å². The van der Waals surface area contributed by atoms with Gasteiger partial charge in [0.2, 0.25) is 0 Å². The highest BCUT2D eigenvalue weighted by Crippen LogP contribution is 2.22. The fraction of sp³-hybridized carbons (Fsp3) is 0.471. The van der Waals surface area contributed by atoms with Gasteiger partial charge in [0.05, 0.1) is 0 Å². The molecular weight excluding hydrogens is 252 g/mol. The second-order valence-electron chi connectivity index (χ2n) is 4.93. The molecule has 0 spiro atoms. The Morgan fingerprint density at radius 1 is 1.20 bits per heavy atom. The molecule has 1 unspecified atom stereocenters. The van der Waals surface area contributed by atoms with E-state index < -0.39 is 5.60 Å². The second-order valence-corrected chi connectivity index (χ2v) is 4.93. The van der Waals surface area contributed by atoms with E-state index in [0.29, 0.717) is 12.0 Å². The average molecular weight is 274 g/mol. The van der Waals surface area contributed by atoms with Crippen molar-refractivity contribution in [1.82, 2.24) is 0 Å². The van der Waals surface area contributed by atoms with E-state index in [1.807, 2.05) is 12.1 Å². The number of hydrogen-bond acceptors (Lipinski definition) is 3. The van der Waals surface area contributed by atoms with Crippen molar-refractivity contribution >= 4 is 6.29 Å². The molecule has 0 fully saturated rings. The summed E-state index contributed by atoms with van der Waals surface area (Å²) in [5.41, 5.74) is 0.788. The first-order valence-electron chi connectivity index (χ1n) is 6.93. The third-order valence-corrected chi connectivity index (χ3v) is 3.33. The van der Waals surface area contributed by atoms with Gasteiger partial charge >= 0.3 is 0 Å². The van der Waals surface area contributed by atoms with Crippen LogP contribution < -0.4 is 0 Å². The lowest BCUT2D eigenvalue weighted by molar-refractivity contribution is 0.0880. The predicted octanol–water partition coefficient (Wildman–Crippen LogP) is 2.35. The van der Waals surface area contributed by atoms with Gasteiger partial charge in [0.25, 0.3) is 0 Å². The number of carbonyl (C=O) groups is 1. The van der Waals surface area contributed by atoms with Gasteiger partial charge in [-0.3, -0.25) is 4.79 Å². The molecule has 2 N–H and O–H groups in total. The highest BCUT2D eigenvalue weighted by atomic mass is 16.3. The van der Waals surface area contributed by atoms with Crippen LogP contribution in [0.5, 0.6) is 0 Å². The van der Waals surface area contributed by atoms with E-state index in [0.717, 1.165) is 51.1 Å². The first-order chi connectivity index (χ1) is 9.72. The summed E-state index contributed by atoms with van der Waals surface area (Å²) in [5.74, 6) is 6.08. The smallest absolute Gasteiger partial charge is 0.150 e. The fourth-order valence-corrected chi connectivity index (χ4v) is 2.28. The van der Waals surface area contributed by atoms with Crippen molar-refractivity contribution in [2.24, 2.45) is 0 Å². The topological polar surface area (TPSA) is 57.5 Å². The van der Waals surface area contributed by atoms with E-state index in [1.54, 1.807) is 12.1 Å². The van der Waals surface area contributed by atoms with Crippen LogP contribution in [0.25, 0.3) is 0 Å². The Hall–Kier alpha value is -1.63. The van der Waals surface area contributed by atoms with Gasteiger partial charge < -0.3 is 10.2 Å². The monoisotopic (exact) mass is 274 g/mol. The maximum absolute atomic E-state index is 10.6. The van der Waals surface area contributed by atoms with E-state index in [9.17, 15) is 9.90 Å². The van der Waals surface area contributed by atoms with Crippen molar-refractivity contribution in [3.63, 3.8) is 0 Å². The second kappa shape index (κ2) is 8.52. The van der Waals surface area contributed by atoms with E-state index in [2.05, 4.69) is 11.8 Å². The van der Waals surface area contributed by atoms with Crippen molar-refractivity contribution in [2.75, 3.05) is 7.11 Å². The molecule has 0 saturated carbocycles. The first-order valence-corrected chi connectivity index (χ1v) is 6.93. The van der Waals surface area contributed by atoms with Crippen LogP contribution in [0.4, 0.5) is 0 Å². The van der Waals surface area contributed by atoms with Crippen LogP contribution in [-0.2, 0) is 6.42 Å². The lowest BCUT2D eigenvalue weighted by Gasteiger charge is -2.23. The summed E-state index contributed by atoms with van der Waals surface area (Å²) in [4.78, 5) is 10.6. The minimum absolute atomic E-state index is 0.541. The highest BCUT2D eigenvalue weighted by Gasteiger charge is 2.24. The van der Waals surface area contributed by atoms with Gasteiger partial charge in [-0.15, -0.1) is 5.92 Å². The van der Waals surface area contributed by atoms with Gasteiger partial charge in [-0.25, -0.2) is 0 Å². The fourth-order valence-electron chi connectivity index (χ4n) is 2.28. The minimum atomic E-state index is -0.900. The standard InChI is InChI=1S/C16H18O2.CH4O/c17-13-15-8-6-14(7-9-15)12-16(18)10-4-2-1-3-5-11-16;1-2/h6-9,13,18H,1-4,10,12H2;2H,1H3. The maximum Gasteiger partial charge on any atom is 0.150 e. The lowest BCUT2D eigenvalue weighted by Crippen LogP contribution is -2.30. The minimum Gasteiger partial charge on any atom is -0.400 e. The Morgan fingerprint density at radius 3 is 2.55 bits per heavy atom. The Morgan fingerprint density at radius 2 is 1.90 bits per heavy atom. The highest BCUT2D eigenvalue weighted by molar-refractivity contribution is 5.74. The molecule has 3 nitrogen and oxygen atoms in total. The molecule has 1 aliphatic carbocycles. The molecule has 0 saturated heterocycles. The molecule has 0 aliphatic heterocycles. The van der Waals surface area contributed by atoms with E-state index in [1.165, 1.54) is 0 Å². The van der Waals surface area contributed by atoms with Crippen molar-refractivity contribution in [2.45, 2.75) is 44.1 Å². The summed E-state index contributed by atoms with van der Waals surface area (Å²) in [7, 11) is 1.00. The van der Waals surface area contributed by atoms with Crippen LogP contribution in [-0.4, -0.2) is 29.2 Å². The Labute approximate surface area is 120 Å². The molecule has 0 amide bonds. The molecule has 1 aromatic carbocycles. The number of aliphatic hydroxyl groups excluding tert-OH is 1. The van der Waals surface area contributed by atoms with Crippen LogP contribution in [0.1, 0.15) is 48.0 Å². The van der Waals surface area contributed by atoms with Gasteiger partial charge in [0, 0.05) is 25.5 Å². The molecule has 1 atom stereocenters. The molecule has 1 aliphatic rings. The summed E-state index contributed by atoms with van der Waals surface area (Å²) in [6.07, 6.45) is 6.28. The number of aliphatic hydroxyl groups is 2. The summed E-state index contributed by atoms with van der Waals surface area (Å²) < 4.78 is 0. The molecule has 0 aromatic heterocycles. The zero-order valence-electron chi connectivity index (χ0n) is 11.9. The Balaban J connectivity index is 0.000000956. The molecule has 2 rings (SSSR count). The molecule has 0 bridgehead atoms. The summed E-state index contributed by atoms with van der Waals surface area (Å²) in [6, 6.07) is 7.34. The van der Waals surface area contributed by atoms with E-state index >= 15 is 0 Å². The van der Waals surface area contributed by atoms with Crippen molar-refractivity contribution in [1.29, 1.82) is 0 Å². The molecule has 3 heteroatoms. The third-order valence-electron chi connectivity index (χ3n) is 3.33. The Bertz CT molecular complexity index is 467. The number of rotatable bonds is 3. The number of benzene rings is 1. The molecular formula is C17H22O3. The van der Waals surface area contributed by atoms with Gasteiger partial charge in [0.1, 0.15) is 11.9 Å². The summed E-state index contributed by atoms with van der Waals surface area (Å²) >= 11 is 0. The van der Waals surface area contributed by atoms with E-state index in [-0.39, 0.29) is 0 Å². The van der Waals surface area contributed by atoms with Crippen molar-refractivity contribution < 1.29 is 15.0 Å². The van der Waals surface area contributed by atoms with Crippen molar-refractivity contribution in [3.8, 4) is 11.8 Å². The normalized spacial score (nSPS) is 21.4.